The summed E-state index contributed by atoms with van der Waals surface area (Å²) in [6.07, 6.45) is 0. The summed E-state index contributed by atoms with van der Waals surface area (Å²) in [4.78, 5) is 10.8. The van der Waals surface area contributed by atoms with E-state index in [-0.39, 0.29) is 18.1 Å². The van der Waals surface area contributed by atoms with E-state index >= 15 is 0 Å². The van der Waals surface area contributed by atoms with Crippen LogP contribution in [-0.2, 0) is 6.54 Å². The first-order valence-corrected chi connectivity index (χ1v) is 5.72. The minimum atomic E-state index is -1.06. The molecule has 2 aromatic rings. The molecule has 0 atom stereocenters. The summed E-state index contributed by atoms with van der Waals surface area (Å²) in [5, 5.41) is 12.7. The van der Waals surface area contributed by atoms with Crippen LogP contribution < -0.4 is 4.74 Å². The van der Waals surface area contributed by atoms with Crippen molar-refractivity contribution >= 4 is 5.97 Å². The third-order valence-electron chi connectivity index (χ3n) is 2.57. The topological polar surface area (TPSA) is 64.3 Å². The number of carbonyl (C=O) groups is 1. The normalized spacial score (nSPS) is 10.4. The predicted molar refractivity (Wildman–Crippen MR) is 65.8 cm³/mol. The molecule has 0 fully saturated rings. The summed E-state index contributed by atoms with van der Waals surface area (Å²) in [7, 11) is 0. The molecule has 100 valence electrons. The Morgan fingerprint density at radius 1 is 1.47 bits per heavy atom. The zero-order valence-corrected chi connectivity index (χ0v) is 10.3. The molecular weight excluding hydrogens is 251 g/mol. The van der Waals surface area contributed by atoms with Gasteiger partial charge in [0.15, 0.2) is 5.69 Å². The molecule has 0 saturated carbocycles. The molecule has 19 heavy (non-hydrogen) atoms. The van der Waals surface area contributed by atoms with E-state index in [1.54, 1.807) is 23.7 Å². The van der Waals surface area contributed by atoms with Crippen molar-refractivity contribution < 1.29 is 19.0 Å². The molecule has 1 aromatic heterocycles. The number of benzene rings is 1. The number of aromatic carboxylic acids is 1. The van der Waals surface area contributed by atoms with Crippen molar-refractivity contribution in [3.63, 3.8) is 0 Å². The quantitative estimate of drug-likeness (QED) is 0.898. The summed E-state index contributed by atoms with van der Waals surface area (Å²) >= 11 is 0. The number of aryl methyl sites for hydroxylation is 1. The van der Waals surface area contributed by atoms with Crippen LogP contribution in [0.15, 0.2) is 30.3 Å². The molecule has 0 radical (unpaired) electrons. The largest absolute Gasteiger partial charge is 0.492 e. The lowest BCUT2D eigenvalue weighted by Gasteiger charge is -2.07. The van der Waals surface area contributed by atoms with Crippen LogP contribution in [0.3, 0.4) is 0 Å². The van der Waals surface area contributed by atoms with Gasteiger partial charge in [-0.1, -0.05) is 6.07 Å². The molecule has 1 heterocycles. The fourth-order valence-electron chi connectivity index (χ4n) is 1.65. The minimum Gasteiger partial charge on any atom is -0.492 e. The maximum Gasteiger partial charge on any atom is 0.356 e. The van der Waals surface area contributed by atoms with Crippen LogP contribution in [0.25, 0.3) is 0 Å². The van der Waals surface area contributed by atoms with Gasteiger partial charge < -0.3 is 9.84 Å². The number of halogens is 1. The summed E-state index contributed by atoms with van der Waals surface area (Å²) in [5.74, 6) is -0.989. The van der Waals surface area contributed by atoms with Crippen LogP contribution in [0.5, 0.6) is 5.75 Å². The van der Waals surface area contributed by atoms with Gasteiger partial charge in [-0.25, -0.2) is 9.18 Å². The predicted octanol–water partition coefficient (Wildman–Crippen LogP) is 2.11. The van der Waals surface area contributed by atoms with Gasteiger partial charge in [0.1, 0.15) is 18.2 Å². The second-order valence-corrected chi connectivity index (χ2v) is 4.01. The Morgan fingerprint density at radius 2 is 2.26 bits per heavy atom. The molecule has 0 spiro atoms. The van der Waals surface area contributed by atoms with Gasteiger partial charge in [0.05, 0.1) is 6.54 Å². The molecule has 0 bridgehead atoms. The first kappa shape index (κ1) is 13.1. The number of hydrogen-bond donors (Lipinski definition) is 1. The van der Waals surface area contributed by atoms with Crippen molar-refractivity contribution in [3.8, 4) is 5.75 Å². The van der Waals surface area contributed by atoms with Crippen molar-refractivity contribution in [2.45, 2.75) is 13.5 Å². The summed E-state index contributed by atoms with van der Waals surface area (Å²) in [6.45, 7) is 2.45. The Hall–Kier alpha value is -2.37. The van der Waals surface area contributed by atoms with Gasteiger partial charge in [0.25, 0.3) is 0 Å². The number of hydrogen-bond acceptors (Lipinski definition) is 3. The van der Waals surface area contributed by atoms with Crippen LogP contribution in [0, 0.1) is 12.7 Å². The van der Waals surface area contributed by atoms with Crippen LogP contribution in [0.2, 0.25) is 0 Å². The Kier molecular flexibility index (Phi) is 3.79. The molecule has 0 saturated heterocycles. The van der Waals surface area contributed by atoms with Gasteiger partial charge in [-0.3, -0.25) is 4.68 Å². The van der Waals surface area contributed by atoms with E-state index in [1.807, 2.05) is 0 Å². The van der Waals surface area contributed by atoms with Crippen LogP contribution in [0.1, 0.15) is 16.2 Å². The Labute approximate surface area is 109 Å². The van der Waals surface area contributed by atoms with E-state index in [2.05, 4.69) is 5.10 Å². The van der Waals surface area contributed by atoms with Crippen LogP contribution in [-0.4, -0.2) is 27.5 Å². The smallest absolute Gasteiger partial charge is 0.356 e. The highest BCUT2D eigenvalue weighted by Gasteiger charge is 2.10. The molecule has 0 aliphatic carbocycles. The van der Waals surface area contributed by atoms with E-state index in [0.717, 1.165) is 5.69 Å². The van der Waals surface area contributed by atoms with Gasteiger partial charge in [-0.15, -0.1) is 0 Å². The number of carboxylic acids is 1. The molecule has 0 unspecified atom stereocenters. The molecule has 6 heteroatoms. The second kappa shape index (κ2) is 5.51. The highest BCUT2D eigenvalue weighted by Crippen LogP contribution is 2.12. The highest BCUT2D eigenvalue weighted by molar-refractivity contribution is 5.85. The second-order valence-electron chi connectivity index (χ2n) is 4.01. The van der Waals surface area contributed by atoms with Crippen molar-refractivity contribution in [2.75, 3.05) is 6.61 Å². The number of carboxylic acid groups (broad SMARTS) is 1. The van der Waals surface area contributed by atoms with E-state index in [1.165, 1.54) is 18.2 Å². The SMILES string of the molecule is Cc1cc(C(=O)O)nn1CCOc1cccc(F)c1. The zero-order chi connectivity index (χ0) is 13.8. The first-order valence-electron chi connectivity index (χ1n) is 5.72. The lowest BCUT2D eigenvalue weighted by molar-refractivity contribution is 0.0689. The molecule has 1 aromatic carbocycles. The lowest BCUT2D eigenvalue weighted by Crippen LogP contribution is -2.11. The van der Waals surface area contributed by atoms with Crippen molar-refractivity contribution in [2.24, 2.45) is 0 Å². The van der Waals surface area contributed by atoms with Gasteiger partial charge in [-0.05, 0) is 25.1 Å². The van der Waals surface area contributed by atoms with Gasteiger partial charge in [-0.2, -0.15) is 5.10 Å². The molecular formula is C13H13FN2O3. The third-order valence-corrected chi connectivity index (χ3v) is 2.57. The fourth-order valence-corrected chi connectivity index (χ4v) is 1.65. The monoisotopic (exact) mass is 264 g/mol. The average Bonchev–Trinajstić information content (AvgIpc) is 2.71. The van der Waals surface area contributed by atoms with Crippen molar-refractivity contribution in [1.29, 1.82) is 0 Å². The van der Waals surface area contributed by atoms with Gasteiger partial charge >= 0.3 is 5.97 Å². The fraction of sp³-hybridized carbons (Fsp3) is 0.231. The Bertz CT molecular complexity index is 595. The molecule has 1 N–H and O–H groups in total. The first-order chi connectivity index (χ1) is 9.06. The van der Waals surface area contributed by atoms with E-state index in [0.29, 0.717) is 12.3 Å². The van der Waals surface area contributed by atoms with Gasteiger partial charge in [0, 0.05) is 11.8 Å². The van der Waals surface area contributed by atoms with Gasteiger partial charge in [0.2, 0.25) is 0 Å². The van der Waals surface area contributed by atoms with Crippen LogP contribution >= 0.6 is 0 Å². The number of aromatic nitrogens is 2. The molecule has 0 aliphatic heterocycles. The number of ether oxygens (including phenoxy) is 1. The van der Waals surface area contributed by atoms with E-state index in [4.69, 9.17) is 9.84 Å². The summed E-state index contributed by atoms with van der Waals surface area (Å²) in [6, 6.07) is 7.33. The van der Waals surface area contributed by atoms with Crippen LogP contribution in [0.4, 0.5) is 4.39 Å². The average molecular weight is 264 g/mol. The highest BCUT2D eigenvalue weighted by atomic mass is 19.1. The maximum atomic E-state index is 12.9. The molecule has 2 rings (SSSR count). The number of nitrogens with zero attached hydrogens (tertiary/aromatic N) is 2. The van der Waals surface area contributed by atoms with Crippen molar-refractivity contribution in [3.05, 3.63) is 47.5 Å². The third kappa shape index (κ3) is 3.31. The molecule has 0 aliphatic rings. The van der Waals surface area contributed by atoms with Crippen molar-refractivity contribution in [1.82, 2.24) is 9.78 Å². The summed E-state index contributed by atoms with van der Waals surface area (Å²) in [5.41, 5.74) is 0.739. The molecule has 5 nitrogen and oxygen atoms in total. The zero-order valence-electron chi connectivity index (χ0n) is 10.3. The lowest BCUT2D eigenvalue weighted by atomic mass is 10.3. The van der Waals surface area contributed by atoms with E-state index < -0.39 is 5.97 Å². The Balaban J connectivity index is 1.94. The maximum absolute atomic E-state index is 12.9. The summed E-state index contributed by atoms with van der Waals surface area (Å²) < 4.78 is 19.8. The minimum absolute atomic E-state index is 0.00301. The standard InChI is InChI=1S/C13H13FN2O3/c1-9-7-12(13(17)18)15-16(9)5-6-19-11-4-2-3-10(14)8-11/h2-4,7-8H,5-6H2,1H3,(H,17,18). The number of rotatable bonds is 5. The molecule has 0 amide bonds. The Morgan fingerprint density at radius 3 is 2.89 bits per heavy atom. The van der Waals surface area contributed by atoms with E-state index in [9.17, 15) is 9.18 Å².